The number of H-pyrrole nitrogens is 1. The molecule has 0 amide bonds. The summed E-state index contributed by atoms with van der Waals surface area (Å²) >= 11 is 0. The Labute approximate surface area is 96.1 Å². The first-order chi connectivity index (χ1) is 7.47. The Hall–Kier alpha value is -1.16. The van der Waals surface area contributed by atoms with E-state index < -0.39 is 0 Å². The summed E-state index contributed by atoms with van der Waals surface area (Å²) in [5.41, 5.74) is 1.36. The minimum atomic E-state index is -0.142. The SMILES string of the molecule is CCOC(c1nc(C)c(C)c(=O)[nH]1)C(C)C. The molecule has 0 radical (unpaired) electrons. The molecule has 1 heterocycles. The van der Waals surface area contributed by atoms with Crippen molar-refractivity contribution in [3.63, 3.8) is 0 Å². The molecule has 0 aliphatic carbocycles. The lowest BCUT2D eigenvalue weighted by molar-refractivity contribution is 0.0229. The third-order valence-electron chi connectivity index (χ3n) is 2.63. The van der Waals surface area contributed by atoms with E-state index >= 15 is 0 Å². The van der Waals surface area contributed by atoms with Gasteiger partial charge in [-0.15, -0.1) is 0 Å². The minimum Gasteiger partial charge on any atom is -0.370 e. The van der Waals surface area contributed by atoms with E-state index in [0.717, 1.165) is 5.69 Å². The molecule has 0 bridgehead atoms. The molecule has 0 aliphatic heterocycles. The van der Waals surface area contributed by atoms with Gasteiger partial charge in [0.1, 0.15) is 11.9 Å². The monoisotopic (exact) mass is 224 g/mol. The zero-order valence-electron chi connectivity index (χ0n) is 10.6. The highest BCUT2D eigenvalue weighted by molar-refractivity contribution is 5.15. The maximum Gasteiger partial charge on any atom is 0.254 e. The van der Waals surface area contributed by atoms with Crippen LogP contribution >= 0.6 is 0 Å². The lowest BCUT2D eigenvalue weighted by Crippen LogP contribution is -2.22. The van der Waals surface area contributed by atoms with Gasteiger partial charge in [0, 0.05) is 17.9 Å². The first-order valence-corrected chi connectivity index (χ1v) is 5.66. The van der Waals surface area contributed by atoms with Gasteiger partial charge in [-0.1, -0.05) is 13.8 Å². The number of ether oxygens (including phenoxy) is 1. The maximum absolute atomic E-state index is 11.6. The molecule has 0 saturated heterocycles. The lowest BCUT2D eigenvalue weighted by Gasteiger charge is -2.20. The van der Waals surface area contributed by atoms with Crippen molar-refractivity contribution in [1.82, 2.24) is 9.97 Å². The van der Waals surface area contributed by atoms with Crippen molar-refractivity contribution in [3.05, 3.63) is 27.4 Å². The summed E-state index contributed by atoms with van der Waals surface area (Å²) in [7, 11) is 0. The van der Waals surface area contributed by atoms with Crippen molar-refractivity contribution in [2.75, 3.05) is 6.61 Å². The molecule has 90 valence electrons. The molecule has 1 unspecified atom stereocenters. The standard InChI is InChI=1S/C12H20N2O2/c1-6-16-10(7(2)3)11-13-9(5)8(4)12(15)14-11/h7,10H,6H2,1-5H3,(H,13,14,15). The van der Waals surface area contributed by atoms with Crippen LogP contribution in [0.15, 0.2) is 4.79 Å². The average molecular weight is 224 g/mol. The van der Waals surface area contributed by atoms with Crippen LogP contribution in [-0.4, -0.2) is 16.6 Å². The normalized spacial score (nSPS) is 13.1. The van der Waals surface area contributed by atoms with E-state index in [4.69, 9.17) is 4.74 Å². The smallest absolute Gasteiger partial charge is 0.254 e. The van der Waals surface area contributed by atoms with Crippen molar-refractivity contribution >= 4 is 0 Å². The largest absolute Gasteiger partial charge is 0.370 e. The zero-order valence-corrected chi connectivity index (χ0v) is 10.6. The zero-order chi connectivity index (χ0) is 12.3. The highest BCUT2D eigenvalue weighted by Crippen LogP contribution is 2.22. The number of nitrogens with one attached hydrogen (secondary N) is 1. The van der Waals surface area contributed by atoms with Gasteiger partial charge in [0.05, 0.1) is 0 Å². The number of nitrogens with zero attached hydrogens (tertiary/aromatic N) is 1. The van der Waals surface area contributed by atoms with Crippen LogP contribution in [0.3, 0.4) is 0 Å². The Morgan fingerprint density at radius 2 is 2.00 bits per heavy atom. The highest BCUT2D eigenvalue weighted by Gasteiger charge is 2.19. The van der Waals surface area contributed by atoms with Crippen LogP contribution in [-0.2, 0) is 4.74 Å². The molecular formula is C12H20N2O2. The van der Waals surface area contributed by atoms with Crippen LogP contribution in [0.25, 0.3) is 0 Å². The Morgan fingerprint density at radius 1 is 1.38 bits per heavy atom. The van der Waals surface area contributed by atoms with E-state index in [2.05, 4.69) is 23.8 Å². The summed E-state index contributed by atoms with van der Waals surface area (Å²) in [5, 5.41) is 0. The topological polar surface area (TPSA) is 55.0 Å². The van der Waals surface area contributed by atoms with E-state index in [0.29, 0.717) is 18.0 Å². The second-order valence-corrected chi connectivity index (χ2v) is 4.28. The third kappa shape index (κ3) is 2.70. The molecule has 1 N–H and O–H groups in total. The summed E-state index contributed by atoms with van der Waals surface area (Å²) in [6.45, 7) is 10.3. The third-order valence-corrected chi connectivity index (χ3v) is 2.63. The van der Waals surface area contributed by atoms with Crippen molar-refractivity contribution in [2.24, 2.45) is 5.92 Å². The van der Waals surface area contributed by atoms with Gasteiger partial charge >= 0.3 is 0 Å². The predicted molar refractivity (Wildman–Crippen MR) is 63.5 cm³/mol. The summed E-state index contributed by atoms with van der Waals surface area (Å²) in [6, 6.07) is 0. The fourth-order valence-electron chi connectivity index (χ4n) is 1.57. The Bertz CT molecular complexity index is 410. The van der Waals surface area contributed by atoms with Gasteiger partial charge in [0.15, 0.2) is 0 Å². The van der Waals surface area contributed by atoms with Crippen LogP contribution in [0.4, 0.5) is 0 Å². The predicted octanol–water partition coefficient (Wildman–Crippen LogP) is 2.12. The summed E-state index contributed by atoms with van der Waals surface area (Å²) in [6.07, 6.45) is -0.142. The van der Waals surface area contributed by atoms with Crippen LogP contribution < -0.4 is 5.56 Å². The number of rotatable bonds is 4. The summed E-state index contributed by atoms with van der Waals surface area (Å²) in [5.74, 6) is 0.912. The molecule has 16 heavy (non-hydrogen) atoms. The minimum absolute atomic E-state index is 0.0761. The maximum atomic E-state index is 11.6. The van der Waals surface area contributed by atoms with Crippen LogP contribution in [0.5, 0.6) is 0 Å². The first kappa shape index (κ1) is 12.9. The molecule has 1 rings (SSSR count). The number of hydrogen-bond acceptors (Lipinski definition) is 3. The highest BCUT2D eigenvalue weighted by atomic mass is 16.5. The molecule has 1 atom stereocenters. The van der Waals surface area contributed by atoms with Gasteiger partial charge in [-0.05, 0) is 26.7 Å². The fourth-order valence-corrected chi connectivity index (χ4v) is 1.57. The van der Waals surface area contributed by atoms with Crippen molar-refractivity contribution in [1.29, 1.82) is 0 Å². The van der Waals surface area contributed by atoms with Gasteiger partial charge in [-0.25, -0.2) is 4.98 Å². The van der Waals surface area contributed by atoms with Crippen molar-refractivity contribution in [3.8, 4) is 0 Å². The van der Waals surface area contributed by atoms with Crippen molar-refractivity contribution < 1.29 is 4.74 Å². The van der Waals surface area contributed by atoms with Gasteiger partial charge in [0.25, 0.3) is 5.56 Å². The molecule has 0 aliphatic rings. The van der Waals surface area contributed by atoms with E-state index in [-0.39, 0.29) is 17.6 Å². The second kappa shape index (κ2) is 5.25. The Balaban J connectivity index is 3.15. The van der Waals surface area contributed by atoms with E-state index in [9.17, 15) is 4.79 Å². The number of aromatic amines is 1. The summed E-state index contributed by atoms with van der Waals surface area (Å²) in [4.78, 5) is 18.8. The second-order valence-electron chi connectivity index (χ2n) is 4.28. The molecule has 0 saturated carbocycles. The molecule has 4 nitrogen and oxygen atoms in total. The molecule has 1 aromatic rings. The van der Waals surface area contributed by atoms with Gasteiger partial charge in [-0.3, -0.25) is 4.79 Å². The van der Waals surface area contributed by atoms with Crippen LogP contribution in [0.2, 0.25) is 0 Å². The van der Waals surface area contributed by atoms with Gasteiger partial charge in [0.2, 0.25) is 0 Å². The molecule has 0 spiro atoms. The number of aryl methyl sites for hydroxylation is 1. The molecular weight excluding hydrogens is 204 g/mol. The van der Waals surface area contributed by atoms with Gasteiger partial charge < -0.3 is 9.72 Å². The van der Waals surface area contributed by atoms with E-state index in [1.807, 2.05) is 13.8 Å². The summed E-state index contributed by atoms with van der Waals surface area (Å²) < 4.78 is 5.61. The van der Waals surface area contributed by atoms with Crippen molar-refractivity contribution in [2.45, 2.75) is 40.7 Å². The number of hydrogen-bond donors (Lipinski definition) is 1. The quantitative estimate of drug-likeness (QED) is 0.852. The Kier molecular flexibility index (Phi) is 4.24. The van der Waals surface area contributed by atoms with E-state index in [1.54, 1.807) is 6.92 Å². The van der Waals surface area contributed by atoms with Gasteiger partial charge in [-0.2, -0.15) is 0 Å². The van der Waals surface area contributed by atoms with Crippen LogP contribution in [0, 0.1) is 19.8 Å². The van der Waals surface area contributed by atoms with Crippen LogP contribution in [0.1, 0.15) is 44.0 Å². The molecule has 4 heteroatoms. The average Bonchev–Trinajstić information content (AvgIpc) is 2.21. The molecule has 0 aromatic carbocycles. The molecule has 0 fully saturated rings. The number of aromatic nitrogens is 2. The van der Waals surface area contributed by atoms with E-state index in [1.165, 1.54) is 0 Å². The fraction of sp³-hybridized carbons (Fsp3) is 0.667. The Morgan fingerprint density at radius 3 is 2.44 bits per heavy atom. The molecule has 1 aromatic heterocycles. The lowest BCUT2D eigenvalue weighted by atomic mass is 10.1. The first-order valence-electron chi connectivity index (χ1n) is 5.66.